The number of methoxy groups -OCH3 is 1. The van der Waals surface area contributed by atoms with Crippen LogP contribution in [0.25, 0.3) is 5.76 Å². The summed E-state index contributed by atoms with van der Waals surface area (Å²) in [5, 5.41) is 11.2. The Morgan fingerprint density at radius 3 is 2.42 bits per heavy atom. The molecule has 0 aromatic heterocycles. The van der Waals surface area contributed by atoms with Gasteiger partial charge in [-0.3, -0.25) is 14.5 Å². The van der Waals surface area contributed by atoms with Gasteiger partial charge in [-0.1, -0.05) is 12.1 Å². The highest BCUT2D eigenvalue weighted by Gasteiger charge is 2.47. The van der Waals surface area contributed by atoms with Gasteiger partial charge in [-0.15, -0.1) is 0 Å². The SMILES string of the molecule is COc1cccc(C2/C(=C(/O)c3ccc4c(c3)OCO4)C(=O)C(=O)N2c2ccc(C(F)(F)F)cc2)c1. The lowest BCUT2D eigenvalue weighted by molar-refractivity contribution is -0.137. The van der Waals surface area contributed by atoms with Gasteiger partial charge in [0.2, 0.25) is 6.79 Å². The van der Waals surface area contributed by atoms with Gasteiger partial charge in [0, 0.05) is 11.3 Å². The molecule has 3 aromatic rings. The smallest absolute Gasteiger partial charge is 0.416 e. The fourth-order valence-electron chi connectivity index (χ4n) is 4.24. The maximum absolute atomic E-state index is 13.2. The Morgan fingerprint density at radius 2 is 1.72 bits per heavy atom. The molecule has 1 atom stereocenters. The number of carbonyl (C=O) groups excluding carboxylic acids is 2. The van der Waals surface area contributed by atoms with E-state index >= 15 is 0 Å². The van der Waals surface area contributed by atoms with Gasteiger partial charge in [0.15, 0.2) is 11.5 Å². The summed E-state index contributed by atoms with van der Waals surface area (Å²) < 4.78 is 55.2. The van der Waals surface area contributed by atoms with Crippen LogP contribution in [0.5, 0.6) is 17.2 Å². The van der Waals surface area contributed by atoms with Crippen LogP contribution in [0.3, 0.4) is 0 Å². The first-order valence-electron chi connectivity index (χ1n) is 10.7. The predicted molar refractivity (Wildman–Crippen MR) is 122 cm³/mol. The van der Waals surface area contributed by atoms with Crippen LogP contribution in [0.2, 0.25) is 0 Å². The Kier molecular flexibility index (Phi) is 5.58. The number of aliphatic hydroxyl groups excluding tert-OH is 1. The number of hydrogen-bond acceptors (Lipinski definition) is 6. The first kappa shape index (κ1) is 23.3. The van der Waals surface area contributed by atoms with Gasteiger partial charge < -0.3 is 19.3 Å². The monoisotopic (exact) mass is 497 g/mol. The van der Waals surface area contributed by atoms with Crippen molar-refractivity contribution in [2.24, 2.45) is 0 Å². The van der Waals surface area contributed by atoms with Crippen molar-refractivity contribution in [2.75, 3.05) is 18.8 Å². The van der Waals surface area contributed by atoms with Crippen LogP contribution in [0.1, 0.15) is 22.7 Å². The number of amides is 1. The standard InChI is InChI=1S/C26H18F3NO6/c1-34-18-4-2-3-14(11-18)22-21(23(31)15-5-10-19-20(12-15)36-13-35-19)24(32)25(33)30(22)17-8-6-16(7-9-17)26(27,28)29/h2-12,22,31H,13H2,1H3/b23-21-. The summed E-state index contributed by atoms with van der Waals surface area (Å²) in [5.41, 5.74) is -0.455. The Labute approximate surface area is 202 Å². The Bertz CT molecular complexity index is 1400. The molecule has 0 bridgehead atoms. The van der Waals surface area contributed by atoms with Gasteiger partial charge in [-0.25, -0.2) is 0 Å². The number of benzene rings is 3. The van der Waals surface area contributed by atoms with Crippen LogP contribution in [-0.4, -0.2) is 30.7 Å². The van der Waals surface area contributed by atoms with E-state index in [1.54, 1.807) is 30.3 Å². The summed E-state index contributed by atoms with van der Waals surface area (Å²) in [6.45, 7) is 0.00166. The van der Waals surface area contributed by atoms with Crippen molar-refractivity contribution in [3.63, 3.8) is 0 Å². The van der Waals surface area contributed by atoms with Crippen molar-refractivity contribution < 1.29 is 42.1 Å². The van der Waals surface area contributed by atoms with E-state index < -0.39 is 35.2 Å². The summed E-state index contributed by atoms with van der Waals surface area (Å²) in [7, 11) is 1.44. The van der Waals surface area contributed by atoms with Gasteiger partial charge in [-0.05, 0) is 60.2 Å². The first-order chi connectivity index (χ1) is 17.2. The van der Waals surface area contributed by atoms with Crippen LogP contribution >= 0.6 is 0 Å². The van der Waals surface area contributed by atoms with E-state index in [0.29, 0.717) is 22.8 Å². The fraction of sp³-hybridized carbons (Fsp3) is 0.154. The number of fused-ring (bicyclic) bond motifs is 1. The van der Waals surface area contributed by atoms with Crippen molar-refractivity contribution in [3.05, 3.63) is 89.0 Å². The average molecular weight is 497 g/mol. The number of ether oxygens (including phenoxy) is 3. The summed E-state index contributed by atoms with van der Waals surface area (Å²) in [5.74, 6) is -1.21. The van der Waals surface area contributed by atoms with E-state index in [1.165, 1.54) is 19.2 Å². The molecule has 2 aliphatic rings. The first-order valence-corrected chi connectivity index (χ1v) is 10.7. The lowest BCUT2D eigenvalue weighted by Gasteiger charge is -2.26. The third-order valence-electron chi connectivity index (χ3n) is 5.97. The van der Waals surface area contributed by atoms with Crippen molar-refractivity contribution in [3.8, 4) is 17.2 Å². The minimum absolute atomic E-state index is 0.00166. The van der Waals surface area contributed by atoms with Crippen LogP contribution < -0.4 is 19.1 Å². The number of nitrogens with zero attached hydrogens (tertiary/aromatic N) is 1. The van der Waals surface area contributed by atoms with Crippen LogP contribution in [0, 0.1) is 0 Å². The second-order valence-corrected chi connectivity index (χ2v) is 8.06. The van der Waals surface area contributed by atoms with E-state index in [1.807, 2.05) is 0 Å². The highest BCUT2D eigenvalue weighted by Crippen LogP contribution is 2.44. The normalized spacial score (nSPS) is 18.6. The highest BCUT2D eigenvalue weighted by atomic mass is 19.4. The topological polar surface area (TPSA) is 85.3 Å². The minimum Gasteiger partial charge on any atom is -0.507 e. The van der Waals surface area contributed by atoms with Crippen LogP contribution in [0.15, 0.2) is 72.3 Å². The number of hydrogen-bond donors (Lipinski definition) is 1. The molecule has 0 saturated carbocycles. The Hall–Kier alpha value is -4.47. The molecule has 3 aromatic carbocycles. The molecule has 1 saturated heterocycles. The molecule has 1 N–H and O–H groups in total. The van der Waals surface area contributed by atoms with Gasteiger partial charge in [-0.2, -0.15) is 13.2 Å². The molecular weight excluding hydrogens is 479 g/mol. The minimum atomic E-state index is -4.57. The second-order valence-electron chi connectivity index (χ2n) is 8.06. The summed E-state index contributed by atoms with van der Waals surface area (Å²) in [4.78, 5) is 27.5. The number of alkyl halides is 3. The number of carbonyl (C=O) groups is 2. The molecule has 36 heavy (non-hydrogen) atoms. The molecule has 2 aliphatic heterocycles. The van der Waals surface area contributed by atoms with E-state index in [0.717, 1.165) is 29.2 Å². The third kappa shape index (κ3) is 3.90. The lowest BCUT2D eigenvalue weighted by Crippen LogP contribution is -2.29. The lowest BCUT2D eigenvalue weighted by atomic mass is 9.94. The molecular formula is C26H18F3NO6. The van der Waals surface area contributed by atoms with E-state index in [9.17, 15) is 27.9 Å². The molecule has 2 heterocycles. The number of halogens is 3. The highest BCUT2D eigenvalue weighted by molar-refractivity contribution is 6.51. The van der Waals surface area contributed by atoms with Gasteiger partial charge in [0.1, 0.15) is 11.5 Å². The van der Waals surface area contributed by atoms with Crippen molar-refractivity contribution in [2.45, 2.75) is 12.2 Å². The third-order valence-corrected chi connectivity index (χ3v) is 5.97. The zero-order valence-electron chi connectivity index (χ0n) is 18.7. The van der Waals surface area contributed by atoms with Gasteiger partial charge in [0.05, 0.1) is 24.3 Å². The Morgan fingerprint density at radius 1 is 1.00 bits per heavy atom. The summed E-state index contributed by atoms with van der Waals surface area (Å²) in [6, 6.07) is 13.8. The zero-order chi connectivity index (χ0) is 25.6. The molecule has 184 valence electrons. The van der Waals surface area contributed by atoms with E-state index in [-0.39, 0.29) is 23.6 Å². The molecule has 5 rings (SSSR count). The fourth-order valence-corrected chi connectivity index (χ4v) is 4.24. The summed E-state index contributed by atoms with van der Waals surface area (Å²) >= 11 is 0. The summed E-state index contributed by atoms with van der Waals surface area (Å²) in [6.07, 6.45) is -4.57. The molecule has 1 amide bonds. The Balaban J connectivity index is 1.68. The largest absolute Gasteiger partial charge is 0.507 e. The van der Waals surface area contributed by atoms with Crippen LogP contribution in [-0.2, 0) is 15.8 Å². The predicted octanol–water partition coefficient (Wildman–Crippen LogP) is 5.07. The van der Waals surface area contributed by atoms with E-state index in [4.69, 9.17) is 14.2 Å². The van der Waals surface area contributed by atoms with Gasteiger partial charge >= 0.3 is 6.18 Å². The number of aliphatic hydroxyl groups is 1. The van der Waals surface area contributed by atoms with Crippen molar-refractivity contribution in [1.82, 2.24) is 0 Å². The number of Topliss-reactive ketones (excluding diaryl/α,β-unsaturated/α-hetero) is 1. The average Bonchev–Trinajstić information content (AvgIpc) is 3.45. The van der Waals surface area contributed by atoms with Crippen molar-refractivity contribution in [1.29, 1.82) is 0 Å². The zero-order valence-corrected chi connectivity index (χ0v) is 18.7. The maximum atomic E-state index is 13.2. The number of rotatable bonds is 4. The quantitative estimate of drug-likeness (QED) is 0.308. The molecule has 7 nitrogen and oxygen atoms in total. The molecule has 1 unspecified atom stereocenters. The maximum Gasteiger partial charge on any atom is 0.416 e. The van der Waals surface area contributed by atoms with Crippen molar-refractivity contribution >= 4 is 23.1 Å². The molecule has 0 spiro atoms. The number of ketones is 1. The molecule has 0 radical (unpaired) electrons. The molecule has 0 aliphatic carbocycles. The molecule has 1 fully saturated rings. The molecule has 10 heteroatoms. The van der Waals surface area contributed by atoms with Gasteiger partial charge in [0.25, 0.3) is 11.7 Å². The van der Waals surface area contributed by atoms with Crippen LogP contribution in [0.4, 0.5) is 18.9 Å². The second kappa shape index (κ2) is 8.63. The van der Waals surface area contributed by atoms with E-state index in [2.05, 4.69) is 0 Å². The number of anilines is 1.